The number of alkyl halides is 3. The molecule has 1 spiro atoms. The second-order valence-electron chi connectivity index (χ2n) is 12.1. The quantitative estimate of drug-likeness (QED) is 0.506. The first kappa shape index (κ1) is 30.1. The second kappa shape index (κ2) is 10.8. The minimum atomic E-state index is -5.20. The molecule has 0 aromatic carbocycles. The number of pyridine rings is 1. The van der Waals surface area contributed by atoms with Crippen LogP contribution in [0.4, 0.5) is 19.0 Å². The first-order valence-electron chi connectivity index (χ1n) is 13.3. The lowest BCUT2D eigenvalue weighted by molar-refractivity contribution is -0.175. The van der Waals surface area contributed by atoms with Crippen LogP contribution in [0.25, 0.3) is 0 Å². The van der Waals surface area contributed by atoms with Crippen molar-refractivity contribution in [2.75, 3.05) is 18.9 Å². The highest BCUT2D eigenvalue weighted by Crippen LogP contribution is 2.41. The predicted octanol–water partition coefficient (Wildman–Crippen LogP) is 2.39. The van der Waals surface area contributed by atoms with Crippen LogP contribution in [0.2, 0.25) is 0 Å². The number of likely N-dealkylation sites (tertiary alicyclic amines) is 1. The summed E-state index contributed by atoms with van der Waals surface area (Å²) in [6.45, 7) is 4.86. The summed E-state index contributed by atoms with van der Waals surface area (Å²) in [4.78, 5) is 58.8. The number of fused-ring (bicyclic) bond motifs is 1. The summed E-state index contributed by atoms with van der Waals surface area (Å²) in [7, 11) is 1.31. The highest BCUT2D eigenvalue weighted by Gasteiger charge is 2.57. The molecule has 222 valence electrons. The van der Waals surface area contributed by atoms with Gasteiger partial charge in [0.05, 0.1) is 12.6 Å². The zero-order chi connectivity index (χ0) is 30.3. The molecular formula is C27H33F3N6O5. The van der Waals surface area contributed by atoms with E-state index in [0.29, 0.717) is 0 Å². The number of nitrogens with zero attached hydrogens (tertiary/aromatic N) is 4. The van der Waals surface area contributed by atoms with Gasteiger partial charge < -0.3 is 25.2 Å². The van der Waals surface area contributed by atoms with E-state index in [9.17, 15) is 37.6 Å². The maximum Gasteiger partial charge on any atom is 0.471 e. The predicted molar refractivity (Wildman–Crippen MR) is 138 cm³/mol. The normalized spacial score (nSPS) is 23.5. The fraction of sp³-hybridized carbons (Fsp3) is 0.630. The lowest BCUT2D eigenvalue weighted by Crippen LogP contribution is -2.58. The molecule has 1 aliphatic carbocycles. The maximum atomic E-state index is 14.0. The minimum absolute atomic E-state index is 0.106. The Balaban J connectivity index is 1.60. The third-order valence-corrected chi connectivity index (χ3v) is 7.51. The Morgan fingerprint density at radius 3 is 2.59 bits per heavy atom. The monoisotopic (exact) mass is 578 g/mol. The lowest BCUT2D eigenvalue weighted by atomic mass is 9.87. The first-order chi connectivity index (χ1) is 19.0. The Morgan fingerprint density at radius 1 is 1.32 bits per heavy atom. The van der Waals surface area contributed by atoms with Gasteiger partial charge in [-0.05, 0) is 36.3 Å². The molecule has 4 amide bonds. The molecular weight excluding hydrogens is 545 g/mol. The van der Waals surface area contributed by atoms with Gasteiger partial charge in [-0.1, -0.05) is 33.6 Å². The summed E-state index contributed by atoms with van der Waals surface area (Å²) in [5, 5.41) is 14.4. The first-order valence-corrected chi connectivity index (χ1v) is 13.3. The number of hydrogen-bond donors (Lipinski definition) is 2. The van der Waals surface area contributed by atoms with Crippen molar-refractivity contribution in [1.82, 2.24) is 20.1 Å². The van der Waals surface area contributed by atoms with Gasteiger partial charge in [-0.25, -0.2) is 4.98 Å². The van der Waals surface area contributed by atoms with Crippen LogP contribution in [0.15, 0.2) is 18.3 Å². The van der Waals surface area contributed by atoms with Gasteiger partial charge in [-0.2, -0.15) is 18.4 Å². The number of aromatic nitrogens is 1. The molecule has 1 aromatic rings. The number of nitrogens with one attached hydrogen (secondary N) is 2. The van der Waals surface area contributed by atoms with Crippen molar-refractivity contribution >= 4 is 29.4 Å². The number of ether oxygens (including phenoxy) is 1. The summed E-state index contributed by atoms with van der Waals surface area (Å²) in [5.74, 6) is -3.70. The maximum absolute atomic E-state index is 14.0. The van der Waals surface area contributed by atoms with Crippen LogP contribution in [0.3, 0.4) is 0 Å². The van der Waals surface area contributed by atoms with Gasteiger partial charge >= 0.3 is 12.1 Å². The highest BCUT2D eigenvalue weighted by atomic mass is 19.4. The molecule has 4 unspecified atom stereocenters. The van der Waals surface area contributed by atoms with Crippen molar-refractivity contribution in [2.45, 2.75) is 82.8 Å². The van der Waals surface area contributed by atoms with E-state index in [1.807, 2.05) is 6.07 Å². The SMILES string of the molecule is CN(C(=O)C(CC(C)(C)C)NC(=O)C(F)(F)F)C(CC1CC1)C(=O)N1CC2(CC1C#N)Oc1cccnc1NC2=O. The van der Waals surface area contributed by atoms with E-state index < -0.39 is 58.9 Å². The van der Waals surface area contributed by atoms with Crippen LogP contribution in [-0.4, -0.2) is 81.9 Å². The number of likely N-dealkylation sites (N-methyl/N-ethyl adjacent to an activating group) is 1. The number of halogens is 3. The average molecular weight is 579 g/mol. The van der Waals surface area contributed by atoms with Gasteiger partial charge in [0, 0.05) is 19.7 Å². The Labute approximate surface area is 235 Å². The van der Waals surface area contributed by atoms with Gasteiger partial charge in [-0.3, -0.25) is 19.2 Å². The molecule has 3 heterocycles. The van der Waals surface area contributed by atoms with Crippen LogP contribution in [0, 0.1) is 22.7 Å². The van der Waals surface area contributed by atoms with Crippen LogP contribution in [-0.2, 0) is 19.2 Å². The second-order valence-corrected chi connectivity index (χ2v) is 12.1. The fourth-order valence-electron chi connectivity index (χ4n) is 5.24. The Hall–Kier alpha value is -3.89. The van der Waals surface area contributed by atoms with Gasteiger partial charge in [-0.15, -0.1) is 0 Å². The highest BCUT2D eigenvalue weighted by molar-refractivity contribution is 6.01. The van der Waals surface area contributed by atoms with Crippen molar-refractivity contribution in [3.8, 4) is 11.8 Å². The van der Waals surface area contributed by atoms with E-state index in [4.69, 9.17) is 4.74 Å². The molecule has 3 aliphatic rings. The van der Waals surface area contributed by atoms with E-state index in [0.717, 1.165) is 17.7 Å². The number of nitriles is 1. The summed E-state index contributed by atoms with van der Waals surface area (Å²) in [6.07, 6.45) is -2.13. The van der Waals surface area contributed by atoms with Crippen LogP contribution in [0.5, 0.6) is 5.75 Å². The van der Waals surface area contributed by atoms with Crippen molar-refractivity contribution in [3.63, 3.8) is 0 Å². The molecule has 0 bridgehead atoms. The molecule has 4 rings (SSSR count). The number of carbonyl (C=O) groups excluding carboxylic acids is 4. The topological polar surface area (TPSA) is 145 Å². The number of carbonyl (C=O) groups is 4. The Kier molecular flexibility index (Phi) is 7.95. The summed E-state index contributed by atoms with van der Waals surface area (Å²) >= 11 is 0. The summed E-state index contributed by atoms with van der Waals surface area (Å²) in [6, 6.07) is 1.52. The van der Waals surface area contributed by atoms with Crippen molar-refractivity contribution in [2.24, 2.45) is 11.3 Å². The Bertz CT molecular complexity index is 1270. The van der Waals surface area contributed by atoms with Crippen molar-refractivity contribution < 1.29 is 37.1 Å². The number of anilines is 1. The molecule has 1 aromatic heterocycles. The zero-order valence-corrected chi connectivity index (χ0v) is 23.2. The van der Waals surface area contributed by atoms with Gasteiger partial charge in [0.25, 0.3) is 5.91 Å². The molecule has 2 aliphatic heterocycles. The molecule has 14 heteroatoms. The average Bonchev–Trinajstić information content (AvgIpc) is 3.63. The summed E-state index contributed by atoms with van der Waals surface area (Å²) in [5.41, 5.74) is -2.20. The smallest absolute Gasteiger partial charge is 0.471 e. The zero-order valence-electron chi connectivity index (χ0n) is 23.2. The molecule has 41 heavy (non-hydrogen) atoms. The number of amides is 4. The number of rotatable bonds is 7. The molecule has 1 saturated heterocycles. The lowest BCUT2D eigenvalue weighted by Gasteiger charge is -2.36. The van der Waals surface area contributed by atoms with E-state index in [-0.39, 0.29) is 43.3 Å². The van der Waals surface area contributed by atoms with Crippen LogP contribution < -0.4 is 15.4 Å². The molecule has 0 radical (unpaired) electrons. The van der Waals surface area contributed by atoms with Crippen LogP contribution in [0.1, 0.15) is 52.9 Å². The molecule has 1 saturated carbocycles. The van der Waals surface area contributed by atoms with Gasteiger partial charge in [0.2, 0.25) is 17.4 Å². The van der Waals surface area contributed by atoms with E-state index >= 15 is 0 Å². The number of hydrogen-bond acceptors (Lipinski definition) is 7. The Morgan fingerprint density at radius 2 is 2.00 bits per heavy atom. The fourth-order valence-corrected chi connectivity index (χ4v) is 5.24. The third kappa shape index (κ3) is 6.55. The van der Waals surface area contributed by atoms with E-state index in [2.05, 4.69) is 10.3 Å². The standard InChI is InChI=1S/C27H33F3N6O5/c1-25(2,3)12-17(33-24(40)27(28,29)30)21(37)35(4)18(10-15-7-8-15)22(38)36-14-26(11-16(36)13-31)23(39)34-20-19(41-26)6-5-9-32-20/h5-6,9,15-18H,7-8,10-12,14H2,1-4H3,(H,33,40)(H,32,34,39). The molecule has 2 fully saturated rings. The van der Waals surface area contributed by atoms with E-state index in [1.54, 1.807) is 38.2 Å². The largest absolute Gasteiger partial charge is 0.472 e. The third-order valence-electron chi connectivity index (χ3n) is 7.51. The minimum Gasteiger partial charge on any atom is -0.472 e. The molecule has 2 N–H and O–H groups in total. The van der Waals surface area contributed by atoms with Gasteiger partial charge in [0.15, 0.2) is 11.6 Å². The molecule has 4 atom stereocenters. The summed E-state index contributed by atoms with van der Waals surface area (Å²) < 4.78 is 45.2. The molecule has 11 nitrogen and oxygen atoms in total. The van der Waals surface area contributed by atoms with Crippen LogP contribution >= 0.6 is 0 Å². The van der Waals surface area contributed by atoms with E-state index in [1.165, 1.54) is 18.1 Å². The van der Waals surface area contributed by atoms with Crippen molar-refractivity contribution in [1.29, 1.82) is 5.26 Å². The van der Waals surface area contributed by atoms with Crippen molar-refractivity contribution in [3.05, 3.63) is 18.3 Å². The van der Waals surface area contributed by atoms with Gasteiger partial charge in [0.1, 0.15) is 18.1 Å².